The van der Waals surface area contributed by atoms with Crippen molar-refractivity contribution in [2.75, 3.05) is 27.3 Å². The van der Waals surface area contributed by atoms with Gasteiger partial charge in [0.25, 0.3) is 0 Å². The van der Waals surface area contributed by atoms with Crippen molar-refractivity contribution >= 4 is 5.91 Å². The second-order valence-corrected chi connectivity index (χ2v) is 7.38. The van der Waals surface area contributed by atoms with Crippen molar-refractivity contribution in [1.29, 1.82) is 0 Å². The van der Waals surface area contributed by atoms with E-state index >= 15 is 0 Å². The van der Waals surface area contributed by atoms with Crippen molar-refractivity contribution in [3.8, 4) is 33.9 Å². The van der Waals surface area contributed by atoms with Crippen LogP contribution in [0.4, 0.5) is 0 Å². The SMILES string of the molecule is COc1ccc(-c2ccc(-c3ccc(OC)cc3)c(CCN3CCCC3=O)n2)cc1. The quantitative estimate of drug-likeness (QED) is 0.580. The Kier molecular flexibility index (Phi) is 5.98. The Morgan fingerprint density at radius 2 is 1.50 bits per heavy atom. The Balaban J connectivity index is 1.67. The molecule has 1 aliphatic rings. The third-order valence-corrected chi connectivity index (χ3v) is 5.55. The van der Waals surface area contributed by atoms with E-state index in [0.717, 1.165) is 59.0 Å². The van der Waals surface area contributed by atoms with Gasteiger partial charge in [0, 0.05) is 37.1 Å². The highest BCUT2D eigenvalue weighted by Crippen LogP contribution is 2.29. The van der Waals surface area contributed by atoms with E-state index in [9.17, 15) is 4.79 Å². The predicted molar refractivity (Wildman–Crippen MR) is 118 cm³/mol. The number of hydrogen-bond acceptors (Lipinski definition) is 4. The van der Waals surface area contributed by atoms with Crippen LogP contribution in [0.2, 0.25) is 0 Å². The molecule has 3 aromatic rings. The maximum absolute atomic E-state index is 12.0. The normalized spacial score (nSPS) is 13.5. The molecule has 1 saturated heterocycles. The van der Waals surface area contributed by atoms with Gasteiger partial charge < -0.3 is 14.4 Å². The van der Waals surface area contributed by atoms with Crippen molar-refractivity contribution < 1.29 is 14.3 Å². The summed E-state index contributed by atoms with van der Waals surface area (Å²) in [6.45, 7) is 1.54. The van der Waals surface area contributed by atoms with Crippen molar-refractivity contribution in [1.82, 2.24) is 9.88 Å². The molecule has 0 spiro atoms. The standard InChI is InChI=1S/C25H26N2O3/c1-29-20-9-5-18(6-10-20)22-13-14-23(19-7-11-21(30-2)12-8-19)26-24(22)15-17-27-16-3-4-25(27)28/h5-14H,3-4,15-17H2,1-2H3. The summed E-state index contributed by atoms with van der Waals surface area (Å²) in [7, 11) is 3.33. The lowest BCUT2D eigenvalue weighted by Crippen LogP contribution is -2.27. The van der Waals surface area contributed by atoms with Crippen LogP contribution in [0, 0.1) is 0 Å². The molecular formula is C25H26N2O3. The molecule has 0 radical (unpaired) electrons. The molecule has 30 heavy (non-hydrogen) atoms. The zero-order valence-corrected chi connectivity index (χ0v) is 17.4. The number of carbonyl (C=O) groups is 1. The van der Waals surface area contributed by atoms with Crippen LogP contribution in [0.1, 0.15) is 18.5 Å². The van der Waals surface area contributed by atoms with E-state index in [1.807, 2.05) is 59.5 Å². The number of amides is 1. The molecule has 2 heterocycles. The smallest absolute Gasteiger partial charge is 0.222 e. The predicted octanol–water partition coefficient (Wildman–Crippen LogP) is 4.60. The van der Waals surface area contributed by atoms with E-state index < -0.39 is 0 Å². The first kappa shape index (κ1) is 20.0. The molecular weight excluding hydrogens is 376 g/mol. The molecule has 1 aliphatic heterocycles. The van der Waals surface area contributed by atoms with Gasteiger partial charge in [0.1, 0.15) is 11.5 Å². The number of benzene rings is 2. The molecule has 5 heteroatoms. The molecule has 0 bridgehead atoms. The Labute approximate surface area is 177 Å². The highest BCUT2D eigenvalue weighted by molar-refractivity contribution is 5.78. The van der Waals surface area contributed by atoms with Gasteiger partial charge in [-0.25, -0.2) is 0 Å². The number of carbonyl (C=O) groups excluding carboxylic acids is 1. The van der Waals surface area contributed by atoms with Crippen molar-refractivity contribution in [3.05, 3.63) is 66.4 Å². The largest absolute Gasteiger partial charge is 0.497 e. The molecule has 0 atom stereocenters. The van der Waals surface area contributed by atoms with E-state index in [4.69, 9.17) is 14.5 Å². The van der Waals surface area contributed by atoms with Crippen LogP contribution < -0.4 is 9.47 Å². The topological polar surface area (TPSA) is 51.7 Å². The minimum Gasteiger partial charge on any atom is -0.497 e. The zero-order valence-electron chi connectivity index (χ0n) is 17.4. The Morgan fingerprint density at radius 1 is 0.867 bits per heavy atom. The summed E-state index contributed by atoms with van der Waals surface area (Å²) < 4.78 is 10.6. The van der Waals surface area contributed by atoms with Gasteiger partial charge in [-0.15, -0.1) is 0 Å². The number of ether oxygens (including phenoxy) is 2. The average Bonchev–Trinajstić information content (AvgIpc) is 3.22. The minimum atomic E-state index is 0.243. The number of hydrogen-bond donors (Lipinski definition) is 0. The van der Waals surface area contributed by atoms with Gasteiger partial charge in [-0.2, -0.15) is 0 Å². The lowest BCUT2D eigenvalue weighted by Gasteiger charge is -2.17. The fourth-order valence-electron chi connectivity index (χ4n) is 3.83. The summed E-state index contributed by atoms with van der Waals surface area (Å²) in [6, 6.07) is 20.1. The first-order chi connectivity index (χ1) is 14.7. The van der Waals surface area contributed by atoms with Crippen LogP contribution in [0.5, 0.6) is 11.5 Å². The Hall–Kier alpha value is -3.34. The van der Waals surface area contributed by atoms with E-state index in [0.29, 0.717) is 13.0 Å². The van der Waals surface area contributed by atoms with Gasteiger partial charge in [0.05, 0.1) is 25.6 Å². The molecule has 1 fully saturated rings. The van der Waals surface area contributed by atoms with Crippen LogP contribution in [-0.2, 0) is 11.2 Å². The van der Waals surface area contributed by atoms with Gasteiger partial charge in [0.15, 0.2) is 0 Å². The fraction of sp³-hybridized carbons (Fsp3) is 0.280. The second-order valence-electron chi connectivity index (χ2n) is 7.38. The molecule has 0 unspecified atom stereocenters. The van der Waals surface area contributed by atoms with Crippen LogP contribution >= 0.6 is 0 Å². The van der Waals surface area contributed by atoms with Gasteiger partial charge in [-0.1, -0.05) is 18.2 Å². The van der Waals surface area contributed by atoms with Crippen molar-refractivity contribution in [2.24, 2.45) is 0 Å². The Bertz CT molecular complexity index is 1010. The highest BCUT2D eigenvalue weighted by Gasteiger charge is 2.20. The lowest BCUT2D eigenvalue weighted by atomic mass is 10.00. The van der Waals surface area contributed by atoms with E-state index in [1.165, 1.54) is 0 Å². The molecule has 1 aromatic heterocycles. The van der Waals surface area contributed by atoms with E-state index in [-0.39, 0.29) is 5.91 Å². The first-order valence-corrected chi connectivity index (χ1v) is 10.2. The number of aromatic nitrogens is 1. The third-order valence-electron chi connectivity index (χ3n) is 5.55. The molecule has 154 valence electrons. The van der Waals surface area contributed by atoms with Crippen LogP contribution in [0.25, 0.3) is 22.4 Å². The Morgan fingerprint density at radius 3 is 2.07 bits per heavy atom. The monoisotopic (exact) mass is 402 g/mol. The summed E-state index contributed by atoms with van der Waals surface area (Å²) in [5, 5.41) is 0. The van der Waals surface area contributed by atoms with Crippen LogP contribution in [0.15, 0.2) is 60.7 Å². The molecule has 1 amide bonds. The number of likely N-dealkylation sites (tertiary alicyclic amines) is 1. The van der Waals surface area contributed by atoms with Gasteiger partial charge in [-0.05, 0) is 54.4 Å². The number of rotatable bonds is 7. The van der Waals surface area contributed by atoms with Gasteiger partial charge >= 0.3 is 0 Å². The van der Waals surface area contributed by atoms with Crippen molar-refractivity contribution in [2.45, 2.75) is 19.3 Å². The zero-order chi connectivity index (χ0) is 20.9. The molecule has 0 N–H and O–H groups in total. The fourth-order valence-corrected chi connectivity index (χ4v) is 3.83. The van der Waals surface area contributed by atoms with Gasteiger partial charge in [0.2, 0.25) is 5.91 Å². The summed E-state index contributed by atoms with van der Waals surface area (Å²) in [5.41, 5.74) is 5.12. The minimum absolute atomic E-state index is 0.243. The van der Waals surface area contributed by atoms with Crippen LogP contribution in [-0.4, -0.2) is 43.1 Å². The third kappa shape index (κ3) is 4.30. The van der Waals surface area contributed by atoms with Crippen LogP contribution in [0.3, 0.4) is 0 Å². The maximum atomic E-state index is 12.0. The lowest BCUT2D eigenvalue weighted by molar-refractivity contribution is -0.127. The van der Waals surface area contributed by atoms with E-state index in [2.05, 4.69) is 6.07 Å². The molecule has 0 aliphatic carbocycles. The van der Waals surface area contributed by atoms with E-state index in [1.54, 1.807) is 14.2 Å². The second kappa shape index (κ2) is 8.99. The molecule has 0 saturated carbocycles. The summed E-state index contributed by atoms with van der Waals surface area (Å²) in [4.78, 5) is 19.0. The maximum Gasteiger partial charge on any atom is 0.222 e. The van der Waals surface area contributed by atoms with Gasteiger partial charge in [-0.3, -0.25) is 9.78 Å². The summed E-state index contributed by atoms with van der Waals surface area (Å²) in [6.07, 6.45) is 2.32. The molecule has 4 rings (SSSR count). The number of pyridine rings is 1. The highest BCUT2D eigenvalue weighted by atomic mass is 16.5. The molecule has 2 aromatic carbocycles. The number of nitrogens with zero attached hydrogens (tertiary/aromatic N) is 2. The first-order valence-electron chi connectivity index (χ1n) is 10.2. The molecule has 5 nitrogen and oxygen atoms in total. The summed E-state index contributed by atoms with van der Waals surface area (Å²) in [5.74, 6) is 1.89. The van der Waals surface area contributed by atoms with Crippen molar-refractivity contribution in [3.63, 3.8) is 0 Å². The average molecular weight is 402 g/mol. The summed E-state index contributed by atoms with van der Waals surface area (Å²) >= 11 is 0. The number of methoxy groups -OCH3 is 2.